The largest absolute Gasteiger partial charge is 0.396 e. The van der Waals surface area contributed by atoms with Gasteiger partial charge in [0.25, 0.3) is 0 Å². The van der Waals surface area contributed by atoms with E-state index in [1.54, 1.807) is 11.0 Å². The van der Waals surface area contributed by atoms with Crippen molar-refractivity contribution < 1.29 is 14.7 Å². The fourth-order valence-electron chi connectivity index (χ4n) is 3.48. The van der Waals surface area contributed by atoms with Crippen molar-refractivity contribution in [1.29, 1.82) is 0 Å². The van der Waals surface area contributed by atoms with Gasteiger partial charge in [-0.3, -0.25) is 9.59 Å². The van der Waals surface area contributed by atoms with Crippen LogP contribution in [0.15, 0.2) is 30.5 Å². The number of aliphatic hydroxyl groups is 1. The number of carbonyl (C=O) groups is 2. The molecule has 2 aromatic rings. The Morgan fingerprint density at radius 1 is 1.24 bits per heavy atom. The number of nitrogens with one attached hydrogen (secondary N) is 1. The van der Waals surface area contributed by atoms with Crippen LogP contribution in [0.2, 0.25) is 0 Å². The van der Waals surface area contributed by atoms with Crippen LogP contribution < -0.4 is 5.32 Å². The van der Waals surface area contributed by atoms with Gasteiger partial charge >= 0.3 is 11.8 Å². The number of nitrogens with zero attached hydrogens (tertiary/aromatic N) is 2. The Morgan fingerprint density at radius 2 is 1.96 bits per heavy atom. The highest BCUT2D eigenvalue weighted by atomic mass is 16.3. The molecular weight excluding hydrogens is 318 g/mol. The van der Waals surface area contributed by atoms with Crippen LogP contribution in [0.4, 0.5) is 5.69 Å². The Morgan fingerprint density at radius 3 is 2.60 bits per heavy atom. The average molecular weight is 343 g/mol. The van der Waals surface area contributed by atoms with Gasteiger partial charge in [-0.25, -0.2) is 0 Å². The van der Waals surface area contributed by atoms with Crippen LogP contribution in [-0.4, -0.2) is 46.1 Å². The van der Waals surface area contributed by atoms with Gasteiger partial charge in [0.05, 0.1) is 0 Å². The molecule has 3 rings (SSSR count). The highest BCUT2D eigenvalue weighted by molar-refractivity contribution is 6.39. The average Bonchev–Trinajstić information content (AvgIpc) is 3.01. The number of hydrogen-bond donors (Lipinski definition) is 2. The predicted molar refractivity (Wildman–Crippen MR) is 97.2 cm³/mol. The van der Waals surface area contributed by atoms with Crippen LogP contribution in [0.1, 0.15) is 26.2 Å². The monoisotopic (exact) mass is 343 g/mol. The molecule has 1 aromatic heterocycles. The quantitative estimate of drug-likeness (QED) is 0.839. The number of carbonyl (C=O) groups excluding carboxylic acids is 2. The molecule has 2 N–H and O–H groups in total. The summed E-state index contributed by atoms with van der Waals surface area (Å²) in [6.45, 7) is 3.21. The summed E-state index contributed by atoms with van der Waals surface area (Å²) in [6, 6.07) is 7.59. The number of hydrogen-bond acceptors (Lipinski definition) is 3. The molecule has 1 aromatic carbocycles. The van der Waals surface area contributed by atoms with Crippen molar-refractivity contribution in [2.24, 2.45) is 12.5 Å². The summed E-state index contributed by atoms with van der Waals surface area (Å²) in [6.07, 6.45) is 4.30. The fourth-order valence-corrected chi connectivity index (χ4v) is 3.48. The Hall–Kier alpha value is -2.34. The van der Waals surface area contributed by atoms with Crippen LogP contribution in [0.3, 0.4) is 0 Å². The maximum absolute atomic E-state index is 12.4. The molecule has 0 unspecified atom stereocenters. The lowest BCUT2D eigenvalue weighted by atomic mass is 9.77. The van der Waals surface area contributed by atoms with E-state index >= 15 is 0 Å². The minimum atomic E-state index is -0.610. The molecule has 25 heavy (non-hydrogen) atoms. The molecule has 6 nitrogen and oxygen atoms in total. The number of rotatable bonds is 3. The molecule has 0 saturated carbocycles. The van der Waals surface area contributed by atoms with Gasteiger partial charge in [-0.15, -0.1) is 0 Å². The highest BCUT2D eigenvalue weighted by Gasteiger charge is 2.35. The molecule has 0 spiro atoms. The molecule has 1 aliphatic heterocycles. The molecule has 6 heteroatoms. The third-order valence-corrected chi connectivity index (χ3v) is 5.54. The summed E-state index contributed by atoms with van der Waals surface area (Å²) in [5.41, 5.74) is 1.51. The molecule has 134 valence electrons. The van der Waals surface area contributed by atoms with Crippen molar-refractivity contribution >= 4 is 28.4 Å². The summed E-state index contributed by atoms with van der Waals surface area (Å²) < 4.78 is 1.97. The van der Waals surface area contributed by atoms with E-state index in [0.29, 0.717) is 18.8 Å². The van der Waals surface area contributed by atoms with E-state index in [0.717, 1.165) is 30.2 Å². The second-order valence-electron chi connectivity index (χ2n) is 6.96. The van der Waals surface area contributed by atoms with E-state index in [2.05, 4.69) is 12.2 Å². The van der Waals surface area contributed by atoms with Gasteiger partial charge in [0.2, 0.25) is 0 Å². The van der Waals surface area contributed by atoms with Crippen molar-refractivity contribution in [2.75, 3.05) is 25.0 Å². The van der Waals surface area contributed by atoms with Crippen LogP contribution in [0.5, 0.6) is 0 Å². The van der Waals surface area contributed by atoms with Gasteiger partial charge < -0.3 is 19.9 Å². The van der Waals surface area contributed by atoms with Gasteiger partial charge in [-0.1, -0.05) is 13.0 Å². The third-order valence-electron chi connectivity index (χ3n) is 5.54. The first-order chi connectivity index (χ1) is 12.0. The maximum Gasteiger partial charge on any atom is 0.313 e. The number of likely N-dealkylation sites (tertiary alicyclic amines) is 1. The molecule has 0 atom stereocenters. The first-order valence-electron chi connectivity index (χ1n) is 8.74. The second kappa shape index (κ2) is 6.88. The van der Waals surface area contributed by atoms with E-state index in [4.69, 9.17) is 0 Å². The molecule has 1 aliphatic rings. The minimum Gasteiger partial charge on any atom is -0.396 e. The summed E-state index contributed by atoms with van der Waals surface area (Å²) in [7, 11) is 1.94. The molecule has 1 saturated heterocycles. The van der Waals surface area contributed by atoms with Gasteiger partial charge in [-0.05, 0) is 48.3 Å². The fraction of sp³-hybridized carbons (Fsp3) is 0.474. The summed E-state index contributed by atoms with van der Waals surface area (Å²) in [4.78, 5) is 26.3. The van der Waals surface area contributed by atoms with Crippen LogP contribution in [0.25, 0.3) is 10.9 Å². The van der Waals surface area contributed by atoms with Crippen molar-refractivity contribution in [3.05, 3.63) is 30.5 Å². The zero-order valence-electron chi connectivity index (χ0n) is 14.8. The SMILES string of the molecule is CCC1(CO)CCN(C(=O)C(=O)Nc2ccc3ccn(C)c3c2)CC1. The molecule has 1 fully saturated rings. The highest BCUT2D eigenvalue weighted by Crippen LogP contribution is 2.34. The Balaban J connectivity index is 1.64. The molecule has 0 aliphatic carbocycles. The van der Waals surface area contributed by atoms with Crippen molar-refractivity contribution in [3.63, 3.8) is 0 Å². The predicted octanol–water partition coefficient (Wildman–Crippen LogP) is 2.13. The lowest BCUT2D eigenvalue weighted by Crippen LogP contribution is -2.48. The summed E-state index contributed by atoms with van der Waals surface area (Å²) in [5.74, 6) is -1.11. The Labute approximate surface area is 147 Å². The van der Waals surface area contributed by atoms with Crippen LogP contribution in [-0.2, 0) is 16.6 Å². The topological polar surface area (TPSA) is 74.6 Å². The Kier molecular flexibility index (Phi) is 4.81. The number of amides is 2. The molecule has 2 heterocycles. The van der Waals surface area contributed by atoms with Crippen molar-refractivity contribution in [1.82, 2.24) is 9.47 Å². The van der Waals surface area contributed by atoms with Gasteiger partial charge in [0.1, 0.15) is 0 Å². The lowest BCUT2D eigenvalue weighted by Gasteiger charge is -2.39. The number of anilines is 1. The maximum atomic E-state index is 12.4. The van der Waals surface area contributed by atoms with E-state index in [1.807, 2.05) is 36.0 Å². The number of aromatic nitrogens is 1. The van der Waals surface area contributed by atoms with Crippen molar-refractivity contribution in [2.45, 2.75) is 26.2 Å². The number of aliphatic hydroxyl groups excluding tert-OH is 1. The molecule has 2 amide bonds. The number of aryl methyl sites for hydroxylation is 1. The lowest BCUT2D eigenvalue weighted by molar-refractivity contribution is -0.145. The zero-order chi connectivity index (χ0) is 18.0. The normalized spacial score (nSPS) is 16.8. The molecular formula is C19H25N3O3. The summed E-state index contributed by atoms with van der Waals surface area (Å²) in [5, 5.41) is 13.4. The third kappa shape index (κ3) is 3.39. The molecule has 0 bridgehead atoms. The smallest absolute Gasteiger partial charge is 0.313 e. The standard InChI is InChI=1S/C19H25N3O3/c1-3-19(13-23)7-10-22(11-8-19)18(25)17(24)20-15-5-4-14-6-9-21(2)16(14)12-15/h4-6,9,12,23H,3,7-8,10-11,13H2,1-2H3,(H,20,24). The zero-order valence-corrected chi connectivity index (χ0v) is 14.8. The molecule has 0 radical (unpaired) electrons. The minimum absolute atomic E-state index is 0.106. The first kappa shape index (κ1) is 17.5. The number of fused-ring (bicyclic) bond motifs is 1. The first-order valence-corrected chi connectivity index (χ1v) is 8.74. The van der Waals surface area contributed by atoms with Gasteiger partial charge in [0, 0.05) is 44.1 Å². The van der Waals surface area contributed by atoms with Crippen LogP contribution >= 0.6 is 0 Å². The van der Waals surface area contributed by atoms with Crippen LogP contribution in [0, 0.1) is 5.41 Å². The summed E-state index contributed by atoms with van der Waals surface area (Å²) >= 11 is 0. The van der Waals surface area contributed by atoms with Gasteiger partial charge in [0.15, 0.2) is 0 Å². The van der Waals surface area contributed by atoms with E-state index in [1.165, 1.54) is 0 Å². The second-order valence-corrected chi connectivity index (χ2v) is 6.96. The number of piperidine rings is 1. The van der Waals surface area contributed by atoms with Gasteiger partial charge in [-0.2, -0.15) is 0 Å². The van der Waals surface area contributed by atoms with Crippen molar-refractivity contribution in [3.8, 4) is 0 Å². The van der Waals surface area contributed by atoms with E-state index < -0.39 is 11.8 Å². The van der Waals surface area contributed by atoms with E-state index in [9.17, 15) is 14.7 Å². The van der Waals surface area contributed by atoms with E-state index in [-0.39, 0.29) is 12.0 Å². The Bertz CT molecular complexity index is 782. The number of benzene rings is 1.